The van der Waals surface area contributed by atoms with E-state index in [0.29, 0.717) is 0 Å². The predicted octanol–water partition coefficient (Wildman–Crippen LogP) is 15.3. The van der Waals surface area contributed by atoms with Crippen LogP contribution in [-0.4, -0.2) is 4.57 Å². The summed E-state index contributed by atoms with van der Waals surface area (Å²) in [6.07, 6.45) is 13.6. The molecule has 9 aromatic rings. The smallest absolute Gasteiger partial charge is 0.0540 e. The minimum absolute atomic E-state index is 0.985. The van der Waals surface area contributed by atoms with Crippen LogP contribution in [0.2, 0.25) is 0 Å². The summed E-state index contributed by atoms with van der Waals surface area (Å²) >= 11 is 0. The first-order valence-corrected chi connectivity index (χ1v) is 19.9. The summed E-state index contributed by atoms with van der Waals surface area (Å²) in [6.45, 7) is 7.01. The van der Waals surface area contributed by atoms with Gasteiger partial charge >= 0.3 is 0 Å². The van der Waals surface area contributed by atoms with E-state index in [2.05, 4.69) is 217 Å². The molecular formula is C55H42N2. The largest absolute Gasteiger partial charge is 0.310 e. The van der Waals surface area contributed by atoms with Crippen LogP contribution in [0, 0.1) is 6.92 Å². The van der Waals surface area contributed by atoms with Gasteiger partial charge in [-0.05, 0) is 123 Å². The van der Waals surface area contributed by atoms with Gasteiger partial charge in [-0.15, -0.1) is 0 Å². The maximum atomic E-state index is 4.77. The summed E-state index contributed by atoms with van der Waals surface area (Å²) < 4.78 is 2.41. The fourth-order valence-corrected chi connectivity index (χ4v) is 8.92. The number of hydrogen-bond acceptors (Lipinski definition) is 1. The lowest BCUT2D eigenvalue weighted by atomic mass is 9.85. The molecule has 1 aliphatic carbocycles. The van der Waals surface area contributed by atoms with Gasteiger partial charge < -0.3 is 9.47 Å². The number of hydrogen-bond donors (Lipinski definition) is 0. The van der Waals surface area contributed by atoms with E-state index in [4.69, 9.17) is 6.58 Å². The molecule has 0 N–H and O–H groups in total. The van der Waals surface area contributed by atoms with Crippen molar-refractivity contribution in [1.29, 1.82) is 0 Å². The van der Waals surface area contributed by atoms with Crippen molar-refractivity contribution in [2.45, 2.75) is 19.8 Å². The van der Waals surface area contributed by atoms with E-state index < -0.39 is 0 Å². The second-order valence-corrected chi connectivity index (χ2v) is 14.9. The minimum atomic E-state index is 0.985. The maximum absolute atomic E-state index is 4.77. The van der Waals surface area contributed by atoms with E-state index in [1.54, 1.807) is 0 Å². The molecule has 0 saturated carbocycles. The van der Waals surface area contributed by atoms with Crippen molar-refractivity contribution in [3.05, 3.63) is 223 Å². The van der Waals surface area contributed by atoms with E-state index in [0.717, 1.165) is 46.9 Å². The summed E-state index contributed by atoms with van der Waals surface area (Å²) in [5.74, 6) is 0. The molecule has 1 heterocycles. The fraction of sp³-hybridized carbons (Fsp3) is 0.0545. The second kappa shape index (κ2) is 14.5. The number of anilines is 3. The number of rotatable bonds is 8. The number of allylic oxidation sites excluding steroid dienone is 6. The SMILES string of the molecule is C=C(/C=C\c1c(C)c2ccccc2n1-c1cccc(N(c2ccccc2)c2cccc3ccccc23)c1)c1c2ccccc2c(C2=CCCC=C2)c2ccccc12. The molecular weight excluding hydrogens is 689 g/mol. The van der Waals surface area contributed by atoms with Gasteiger partial charge in [0.2, 0.25) is 0 Å². The molecule has 0 aliphatic heterocycles. The summed E-state index contributed by atoms with van der Waals surface area (Å²) in [5, 5.41) is 8.62. The molecule has 0 saturated heterocycles. The molecule has 1 aliphatic rings. The average molecular weight is 731 g/mol. The van der Waals surface area contributed by atoms with E-state index in [-0.39, 0.29) is 0 Å². The lowest BCUT2D eigenvalue weighted by Gasteiger charge is -2.27. The molecule has 8 aromatic carbocycles. The van der Waals surface area contributed by atoms with Crippen molar-refractivity contribution in [3.63, 3.8) is 0 Å². The monoisotopic (exact) mass is 730 g/mol. The quantitative estimate of drug-likeness (QED) is 0.112. The highest BCUT2D eigenvalue weighted by Gasteiger charge is 2.20. The number of aryl methyl sites for hydroxylation is 1. The Bertz CT molecular complexity index is 3040. The Balaban J connectivity index is 1.13. The van der Waals surface area contributed by atoms with Crippen molar-refractivity contribution in [2.75, 3.05) is 4.90 Å². The van der Waals surface area contributed by atoms with Crippen molar-refractivity contribution >= 4 is 77.5 Å². The highest BCUT2D eigenvalue weighted by atomic mass is 15.1. The molecule has 2 nitrogen and oxygen atoms in total. The van der Waals surface area contributed by atoms with Crippen molar-refractivity contribution < 1.29 is 0 Å². The van der Waals surface area contributed by atoms with Gasteiger partial charge in [-0.25, -0.2) is 0 Å². The van der Waals surface area contributed by atoms with Crippen LogP contribution >= 0.6 is 0 Å². The summed E-state index contributed by atoms with van der Waals surface area (Å²) in [5.41, 5.74) is 12.7. The van der Waals surface area contributed by atoms with Crippen LogP contribution in [0.4, 0.5) is 17.1 Å². The molecule has 0 atom stereocenters. The molecule has 0 fully saturated rings. The standard InChI is InChI=1S/C55H42N2/c1-38(54-47-29-11-13-31-49(47)55(41-20-5-3-6-21-41)50-32-14-12-30-48(50)54)35-36-51-39(2)45-27-15-16-33-52(45)57(51)44-26-18-25-43(37-44)56(42-23-7-4-8-24-42)53-34-17-22-40-19-9-10-28-46(40)53/h4-5,7-37H,1,3,6H2,2H3/b36-35-. The second-order valence-electron chi connectivity index (χ2n) is 14.9. The normalized spacial score (nSPS) is 12.9. The Morgan fingerprint density at radius 1 is 0.596 bits per heavy atom. The van der Waals surface area contributed by atoms with E-state index in [1.807, 2.05) is 0 Å². The zero-order valence-electron chi connectivity index (χ0n) is 32.1. The average Bonchev–Trinajstić information content (AvgIpc) is 3.56. The molecule has 0 radical (unpaired) electrons. The lowest BCUT2D eigenvalue weighted by Crippen LogP contribution is -2.11. The molecule has 0 unspecified atom stereocenters. The third-order valence-electron chi connectivity index (χ3n) is 11.5. The number of aromatic nitrogens is 1. The highest BCUT2D eigenvalue weighted by molar-refractivity contribution is 6.17. The molecule has 57 heavy (non-hydrogen) atoms. The minimum Gasteiger partial charge on any atom is -0.310 e. The van der Waals surface area contributed by atoms with Crippen molar-refractivity contribution in [1.82, 2.24) is 4.57 Å². The third-order valence-corrected chi connectivity index (χ3v) is 11.5. The van der Waals surface area contributed by atoms with Crippen LogP contribution in [0.5, 0.6) is 0 Å². The van der Waals surface area contributed by atoms with Gasteiger partial charge in [0.25, 0.3) is 0 Å². The zero-order valence-corrected chi connectivity index (χ0v) is 32.1. The number of nitrogens with zero attached hydrogens (tertiary/aromatic N) is 2. The molecule has 0 spiro atoms. The van der Waals surface area contributed by atoms with Gasteiger partial charge in [-0.2, -0.15) is 0 Å². The summed E-state index contributed by atoms with van der Waals surface area (Å²) in [6, 6.07) is 61.2. The lowest BCUT2D eigenvalue weighted by molar-refractivity contribution is 1.04. The van der Waals surface area contributed by atoms with Gasteiger partial charge in [-0.3, -0.25) is 0 Å². The van der Waals surface area contributed by atoms with E-state index in [9.17, 15) is 0 Å². The molecule has 0 amide bonds. The topological polar surface area (TPSA) is 8.17 Å². The van der Waals surface area contributed by atoms with Crippen LogP contribution in [0.25, 0.3) is 66.1 Å². The highest BCUT2D eigenvalue weighted by Crippen LogP contribution is 2.43. The van der Waals surface area contributed by atoms with Gasteiger partial charge in [-0.1, -0.05) is 158 Å². The first-order valence-electron chi connectivity index (χ1n) is 19.9. The number of para-hydroxylation sites is 2. The molecule has 10 rings (SSSR count). The molecule has 0 bridgehead atoms. The van der Waals surface area contributed by atoms with E-state index >= 15 is 0 Å². The fourth-order valence-electron chi connectivity index (χ4n) is 8.92. The third kappa shape index (κ3) is 5.98. The van der Waals surface area contributed by atoms with Gasteiger partial charge in [0, 0.05) is 33.5 Å². The number of benzene rings is 8. The molecule has 272 valence electrons. The zero-order chi connectivity index (χ0) is 38.3. The number of fused-ring (bicyclic) bond motifs is 4. The summed E-state index contributed by atoms with van der Waals surface area (Å²) in [7, 11) is 0. The van der Waals surface area contributed by atoms with Gasteiger partial charge in [0.05, 0.1) is 11.2 Å². The Labute approximate surface area is 334 Å². The molecule has 1 aromatic heterocycles. The van der Waals surface area contributed by atoms with Gasteiger partial charge in [0.1, 0.15) is 0 Å². The van der Waals surface area contributed by atoms with Crippen molar-refractivity contribution in [3.8, 4) is 5.69 Å². The Morgan fingerprint density at radius 2 is 1.21 bits per heavy atom. The summed E-state index contributed by atoms with van der Waals surface area (Å²) in [4.78, 5) is 2.38. The van der Waals surface area contributed by atoms with Crippen LogP contribution in [0.1, 0.15) is 35.2 Å². The first-order chi connectivity index (χ1) is 28.2. The Morgan fingerprint density at radius 3 is 1.95 bits per heavy atom. The van der Waals surface area contributed by atoms with Crippen LogP contribution in [0.3, 0.4) is 0 Å². The van der Waals surface area contributed by atoms with Crippen LogP contribution in [-0.2, 0) is 0 Å². The molecule has 2 heteroatoms. The maximum Gasteiger partial charge on any atom is 0.0540 e. The van der Waals surface area contributed by atoms with Gasteiger partial charge in [0.15, 0.2) is 0 Å². The van der Waals surface area contributed by atoms with Crippen LogP contribution in [0.15, 0.2) is 201 Å². The van der Waals surface area contributed by atoms with Crippen molar-refractivity contribution in [2.24, 2.45) is 0 Å². The predicted molar refractivity (Wildman–Crippen MR) is 246 cm³/mol. The Hall–Kier alpha value is -7.16. The first kappa shape index (κ1) is 34.3. The van der Waals surface area contributed by atoms with Crippen LogP contribution < -0.4 is 4.90 Å². The Kier molecular flexibility index (Phi) is 8.73. The van der Waals surface area contributed by atoms with E-state index in [1.165, 1.54) is 65.5 Å².